The fraction of sp³-hybridized carbons (Fsp3) is 0.655. The molecule has 0 spiro atoms. The zero-order chi connectivity index (χ0) is 29.3. The quantitative estimate of drug-likeness (QED) is 0.368. The van der Waals surface area contributed by atoms with E-state index in [2.05, 4.69) is 10.6 Å². The van der Waals surface area contributed by atoms with Crippen LogP contribution in [0.4, 0.5) is 4.79 Å². The van der Waals surface area contributed by atoms with Gasteiger partial charge in [0.15, 0.2) is 0 Å². The third kappa shape index (κ3) is 10.7. The second-order valence-electron chi connectivity index (χ2n) is 11.8. The summed E-state index contributed by atoms with van der Waals surface area (Å²) in [4.78, 5) is 53.7. The Bertz CT molecular complexity index is 947. The lowest BCUT2D eigenvalue weighted by atomic mass is 9.93. The van der Waals surface area contributed by atoms with Crippen molar-refractivity contribution < 1.29 is 23.9 Å². The number of amides is 4. The first-order valence-electron chi connectivity index (χ1n) is 13.5. The van der Waals surface area contributed by atoms with Crippen LogP contribution in [0.5, 0.6) is 0 Å². The van der Waals surface area contributed by atoms with Crippen molar-refractivity contribution in [2.75, 3.05) is 0 Å². The van der Waals surface area contributed by atoms with Gasteiger partial charge in [-0.3, -0.25) is 14.4 Å². The van der Waals surface area contributed by atoms with Crippen molar-refractivity contribution in [2.45, 2.75) is 124 Å². The maximum absolute atomic E-state index is 14.2. The minimum atomic E-state index is -1.13. The topological polar surface area (TPSA) is 131 Å². The molecule has 4 amide bonds. The van der Waals surface area contributed by atoms with Crippen LogP contribution in [-0.2, 0) is 25.5 Å². The van der Waals surface area contributed by atoms with Crippen molar-refractivity contribution >= 4 is 23.8 Å². The number of hydrogen-bond donors (Lipinski definition) is 3. The van der Waals surface area contributed by atoms with E-state index in [9.17, 15) is 19.2 Å². The number of nitrogens with two attached hydrogens (primary N) is 1. The molecule has 1 rings (SSSR count). The van der Waals surface area contributed by atoms with Gasteiger partial charge < -0.3 is 26.0 Å². The first-order valence-corrected chi connectivity index (χ1v) is 13.5. The van der Waals surface area contributed by atoms with Gasteiger partial charge in [0.05, 0.1) is 0 Å². The molecule has 3 atom stereocenters. The maximum Gasteiger partial charge on any atom is 0.408 e. The smallest absolute Gasteiger partial charge is 0.408 e. The summed E-state index contributed by atoms with van der Waals surface area (Å²) in [6.45, 7) is 16.7. The van der Waals surface area contributed by atoms with Crippen LogP contribution in [-0.4, -0.2) is 51.9 Å². The van der Waals surface area contributed by atoms with E-state index in [1.54, 1.807) is 20.8 Å². The van der Waals surface area contributed by atoms with Gasteiger partial charge in [-0.2, -0.15) is 0 Å². The number of nitrogens with one attached hydrogen (secondary N) is 2. The van der Waals surface area contributed by atoms with E-state index < -0.39 is 41.1 Å². The predicted octanol–water partition coefficient (Wildman–Crippen LogP) is 4.38. The van der Waals surface area contributed by atoms with Crippen LogP contribution in [0.25, 0.3) is 0 Å². The Hall–Kier alpha value is -3.10. The van der Waals surface area contributed by atoms with E-state index in [0.717, 1.165) is 24.8 Å². The summed E-state index contributed by atoms with van der Waals surface area (Å²) in [7, 11) is 0. The van der Waals surface area contributed by atoms with Crippen molar-refractivity contribution in [3.63, 3.8) is 0 Å². The Morgan fingerprint density at radius 1 is 0.947 bits per heavy atom. The van der Waals surface area contributed by atoms with Crippen molar-refractivity contribution in [3.05, 3.63) is 35.4 Å². The Morgan fingerprint density at radius 3 is 1.97 bits per heavy atom. The molecule has 0 bridgehead atoms. The normalized spacial score (nSPS) is 14.1. The predicted molar refractivity (Wildman–Crippen MR) is 149 cm³/mol. The molecule has 1 aromatic carbocycles. The van der Waals surface area contributed by atoms with Crippen molar-refractivity contribution in [3.8, 4) is 0 Å². The lowest BCUT2D eigenvalue weighted by Crippen LogP contribution is -2.59. The zero-order valence-electron chi connectivity index (χ0n) is 24.6. The van der Waals surface area contributed by atoms with Gasteiger partial charge in [-0.15, -0.1) is 0 Å². The summed E-state index contributed by atoms with van der Waals surface area (Å²) in [5, 5.41) is 5.67. The molecule has 0 fully saturated rings. The van der Waals surface area contributed by atoms with Gasteiger partial charge in [-0.1, -0.05) is 44.5 Å². The van der Waals surface area contributed by atoms with E-state index in [1.165, 1.54) is 4.90 Å². The summed E-state index contributed by atoms with van der Waals surface area (Å²) in [5.74, 6) is -1.43. The number of benzene rings is 1. The van der Waals surface area contributed by atoms with Gasteiger partial charge in [0, 0.05) is 18.0 Å². The first kappa shape index (κ1) is 32.9. The molecule has 1 aromatic rings. The number of carbonyl (C=O) groups is 4. The summed E-state index contributed by atoms with van der Waals surface area (Å²) in [6.07, 6.45) is 1.57. The second-order valence-corrected chi connectivity index (χ2v) is 11.8. The Labute approximate surface area is 228 Å². The van der Waals surface area contributed by atoms with Gasteiger partial charge in [0.1, 0.15) is 17.7 Å². The average molecular weight is 533 g/mol. The highest BCUT2D eigenvalue weighted by molar-refractivity contribution is 5.93. The number of carbonyl (C=O) groups excluding carboxylic acids is 4. The molecule has 214 valence electrons. The highest BCUT2D eigenvalue weighted by atomic mass is 16.6. The number of nitrogens with zero attached hydrogens (tertiary/aromatic N) is 1. The number of primary amides is 1. The molecule has 0 aliphatic carbocycles. The molecule has 38 heavy (non-hydrogen) atoms. The number of rotatable bonds is 12. The molecule has 0 aliphatic rings. The largest absolute Gasteiger partial charge is 0.444 e. The molecule has 0 heterocycles. The average Bonchev–Trinajstić information content (AvgIpc) is 2.77. The van der Waals surface area contributed by atoms with Gasteiger partial charge in [-0.05, 0) is 78.9 Å². The third-order valence-corrected chi connectivity index (χ3v) is 5.95. The molecule has 0 radical (unpaired) electrons. The van der Waals surface area contributed by atoms with Gasteiger partial charge in [0.25, 0.3) is 0 Å². The van der Waals surface area contributed by atoms with Crippen LogP contribution in [0.1, 0.15) is 105 Å². The summed E-state index contributed by atoms with van der Waals surface area (Å²) in [5.41, 5.74) is 5.52. The van der Waals surface area contributed by atoms with E-state index in [4.69, 9.17) is 10.5 Å². The van der Waals surface area contributed by atoms with E-state index >= 15 is 0 Å². The fourth-order valence-electron chi connectivity index (χ4n) is 4.19. The van der Waals surface area contributed by atoms with Crippen LogP contribution in [0.3, 0.4) is 0 Å². The van der Waals surface area contributed by atoms with Crippen molar-refractivity contribution in [1.29, 1.82) is 0 Å². The van der Waals surface area contributed by atoms with Gasteiger partial charge in [0.2, 0.25) is 17.7 Å². The first-order chi connectivity index (χ1) is 17.5. The Balaban J connectivity index is 3.59. The molecule has 0 aliphatic heterocycles. The third-order valence-electron chi connectivity index (χ3n) is 5.95. The number of alkyl carbamates (subject to hydrolysis) is 1. The molecule has 9 heteroatoms. The van der Waals surface area contributed by atoms with Crippen molar-refractivity contribution in [1.82, 2.24) is 15.5 Å². The highest BCUT2D eigenvalue weighted by Gasteiger charge is 2.42. The minimum Gasteiger partial charge on any atom is -0.444 e. The number of hydrogen-bond acceptors (Lipinski definition) is 5. The molecule has 4 N–H and O–H groups in total. The molecular formula is C29H48N4O5. The molecule has 0 saturated carbocycles. The lowest BCUT2D eigenvalue weighted by Gasteiger charge is -2.43. The molecule has 3 unspecified atom stereocenters. The monoisotopic (exact) mass is 532 g/mol. The molecule has 0 aromatic heterocycles. The summed E-state index contributed by atoms with van der Waals surface area (Å²) < 4.78 is 5.37. The molecule has 0 saturated heterocycles. The minimum absolute atomic E-state index is 0.0324. The van der Waals surface area contributed by atoms with Gasteiger partial charge in [-0.25, -0.2) is 4.79 Å². The standard InChI is InChI=1S/C29H48N4O5/c1-10-12-19(3)31-25(35)24(21-15-13-20(11-2)14-16-21)33(28(4,5)6)26(36)22(17-18-23(30)34)32-27(37)38-29(7,8)9/h13-16,19,22,24H,10-12,17-18H2,1-9H3,(H2,30,34)(H,31,35)(H,32,37). The SMILES string of the molecule is CCCC(C)NC(=O)C(c1ccc(CC)cc1)N(C(=O)C(CCC(N)=O)NC(=O)OC(C)(C)C)C(C)(C)C. The van der Waals surface area contributed by atoms with Crippen LogP contribution < -0.4 is 16.4 Å². The zero-order valence-corrected chi connectivity index (χ0v) is 24.6. The maximum atomic E-state index is 14.2. The molecule has 9 nitrogen and oxygen atoms in total. The Morgan fingerprint density at radius 2 is 1.53 bits per heavy atom. The van der Waals surface area contributed by atoms with Crippen LogP contribution >= 0.6 is 0 Å². The fourth-order valence-corrected chi connectivity index (χ4v) is 4.19. The molecular weight excluding hydrogens is 484 g/mol. The lowest BCUT2D eigenvalue weighted by molar-refractivity contribution is -0.149. The van der Waals surface area contributed by atoms with Crippen LogP contribution in [0.2, 0.25) is 0 Å². The van der Waals surface area contributed by atoms with E-state index in [-0.39, 0.29) is 24.8 Å². The van der Waals surface area contributed by atoms with Crippen molar-refractivity contribution in [2.24, 2.45) is 5.73 Å². The Kier molecular flexibility index (Phi) is 12.3. The number of aryl methyl sites for hydroxylation is 1. The number of ether oxygens (including phenoxy) is 1. The van der Waals surface area contributed by atoms with Crippen LogP contribution in [0.15, 0.2) is 24.3 Å². The second kappa shape index (κ2) is 14.2. The van der Waals surface area contributed by atoms with E-state index in [1.807, 2.05) is 65.8 Å². The highest BCUT2D eigenvalue weighted by Crippen LogP contribution is 2.31. The summed E-state index contributed by atoms with van der Waals surface area (Å²) >= 11 is 0. The van der Waals surface area contributed by atoms with E-state index in [0.29, 0.717) is 5.56 Å². The summed E-state index contributed by atoms with van der Waals surface area (Å²) in [6, 6.07) is 5.42. The van der Waals surface area contributed by atoms with Gasteiger partial charge >= 0.3 is 6.09 Å². The van der Waals surface area contributed by atoms with Crippen LogP contribution in [0, 0.1) is 0 Å².